The van der Waals surface area contributed by atoms with Gasteiger partial charge in [-0.25, -0.2) is 0 Å². The Kier molecular flexibility index (Phi) is 7.93. The summed E-state index contributed by atoms with van der Waals surface area (Å²) >= 11 is 6.21. The van der Waals surface area contributed by atoms with Gasteiger partial charge >= 0.3 is 0 Å². The summed E-state index contributed by atoms with van der Waals surface area (Å²) in [5.41, 5.74) is 1.08. The van der Waals surface area contributed by atoms with E-state index < -0.39 is 0 Å². The van der Waals surface area contributed by atoms with Crippen molar-refractivity contribution in [1.82, 2.24) is 9.80 Å². The number of rotatable bonds is 7. The lowest BCUT2D eigenvalue weighted by Gasteiger charge is -2.36. The van der Waals surface area contributed by atoms with Gasteiger partial charge in [-0.3, -0.25) is 9.59 Å². The van der Waals surface area contributed by atoms with Crippen molar-refractivity contribution in [2.45, 2.75) is 20.0 Å². The molecule has 0 aliphatic carbocycles. The molecule has 0 saturated carbocycles. The first-order valence-corrected chi connectivity index (χ1v) is 10.9. The number of amides is 2. The molecule has 0 spiro atoms. The molecule has 1 aliphatic rings. The van der Waals surface area contributed by atoms with Gasteiger partial charge in [0.25, 0.3) is 11.8 Å². The number of ether oxygens (including phenoxy) is 2. The molecular weight excluding hydrogens is 416 g/mol. The highest BCUT2D eigenvalue weighted by Gasteiger charge is 2.29. The van der Waals surface area contributed by atoms with Crippen molar-refractivity contribution < 1.29 is 19.1 Å². The van der Waals surface area contributed by atoms with E-state index in [4.69, 9.17) is 21.1 Å². The fourth-order valence-corrected chi connectivity index (χ4v) is 3.88. The van der Waals surface area contributed by atoms with Crippen molar-refractivity contribution >= 4 is 23.4 Å². The van der Waals surface area contributed by atoms with Crippen molar-refractivity contribution in [2.24, 2.45) is 5.92 Å². The van der Waals surface area contributed by atoms with Gasteiger partial charge in [-0.05, 0) is 42.3 Å². The largest absolute Gasteiger partial charge is 0.497 e. The number of hydrogen-bond donors (Lipinski definition) is 0. The van der Waals surface area contributed by atoms with Gasteiger partial charge in [0.15, 0.2) is 0 Å². The number of nitrogens with zero attached hydrogens (tertiary/aromatic N) is 2. The van der Waals surface area contributed by atoms with Crippen LogP contribution in [0.15, 0.2) is 48.5 Å². The van der Waals surface area contributed by atoms with Gasteiger partial charge in [0.1, 0.15) is 5.75 Å². The van der Waals surface area contributed by atoms with Gasteiger partial charge in [0, 0.05) is 31.7 Å². The van der Waals surface area contributed by atoms with Crippen molar-refractivity contribution in [3.8, 4) is 5.75 Å². The molecule has 0 radical (unpaired) electrons. The number of carbonyl (C=O) groups excluding carboxylic acids is 2. The minimum atomic E-state index is -0.263. The molecular formula is C24H29ClN2O4. The molecule has 31 heavy (non-hydrogen) atoms. The molecule has 0 aromatic heterocycles. The first kappa shape index (κ1) is 23.1. The molecule has 1 unspecified atom stereocenters. The maximum atomic E-state index is 13.2. The zero-order valence-corrected chi connectivity index (χ0v) is 19.0. The highest BCUT2D eigenvalue weighted by atomic mass is 35.5. The van der Waals surface area contributed by atoms with Gasteiger partial charge in [-0.2, -0.15) is 0 Å². The molecule has 1 saturated heterocycles. The van der Waals surface area contributed by atoms with Crippen LogP contribution in [-0.2, 0) is 4.74 Å². The zero-order chi connectivity index (χ0) is 22.4. The molecule has 166 valence electrons. The van der Waals surface area contributed by atoms with E-state index in [0.717, 1.165) is 0 Å². The third-order valence-corrected chi connectivity index (χ3v) is 5.49. The summed E-state index contributed by atoms with van der Waals surface area (Å²) < 4.78 is 11.1. The monoisotopic (exact) mass is 444 g/mol. The lowest BCUT2D eigenvalue weighted by molar-refractivity contribution is -0.0340. The maximum Gasteiger partial charge on any atom is 0.255 e. The molecule has 6 nitrogen and oxygen atoms in total. The first-order chi connectivity index (χ1) is 14.9. The third-order valence-electron chi connectivity index (χ3n) is 5.16. The normalized spacial score (nSPS) is 16.3. The van der Waals surface area contributed by atoms with Crippen molar-refractivity contribution in [2.75, 3.05) is 39.9 Å². The van der Waals surface area contributed by atoms with E-state index >= 15 is 0 Å². The van der Waals surface area contributed by atoms with E-state index in [1.54, 1.807) is 65.4 Å². The Morgan fingerprint density at radius 3 is 2.55 bits per heavy atom. The summed E-state index contributed by atoms with van der Waals surface area (Å²) in [5.74, 6) is 0.827. The van der Waals surface area contributed by atoms with Crippen LogP contribution in [0.5, 0.6) is 5.75 Å². The molecule has 3 rings (SSSR count). The standard InChI is InChI=1S/C24H29ClN2O4/c1-17(2)14-27(23(28)18-8-10-19(30-3)11-9-18)16-20-15-26(12-13-31-20)24(29)21-6-4-5-7-22(21)25/h4-11,17,20H,12-16H2,1-3H3. The molecule has 1 atom stereocenters. The summed E-state index contributed by atoms with van der Waals surface area (Å²) in [6.45, 7) is 6.49. The summed E-state index contributed by atoms with van der Waals surface area (Å²) in [6.07, 6.45) is -0.263. The highest BCUT2D eigenvalue weighted by molar-refractivity contribution is 6.33. The predicted molar refractivity (Wildman–Crippen MR) is 121 cm³/mol. The Morgan fingerprint density at radius 1 is 1.19 bits per heavy atom. The van der Waals surface area contributed by atoms with Crippen LogP contribution >= 0.6 is 11.6 Å². The fourth-order valence-electron chi connectivity index (χ4n) is 3.66. The van der Waals surface area contributed by atoms with Crippen molar-refractivity contribution in [3.05, 3.63) is 64.7 Å². The highest BCUT2D eigenvalue weighted by Crippen LogP contribution is 2.20. The Morgan fingerprint density at radius 2 is 1.90 bits per heavy atom. The fraction of sp³-hybridized carbons (Fsp3) is 0.417. The van der Waals surface area contributed by atoms with Crippen LogP contribution in [0.2, 0.25) is 5.02 Å². The third kappa shape index (κ3) is 5.99. The van der Waals surface area contributed by atoms with E-state index in [-0.39, 0.29) is 17.9 Å². The van der Waals surface area contributed by atoms with Crippen LogP contribution < -0.4 is 4.74 Å². The quantitative estimate of drug-likeness (QED) is 0.648. The topological polar surface area (TPSA) is 59.1 Å². The van der Waals surface area contributed by atoms with Crippen molar-refractivity contribution in [1.29, 1.82) is 0 Å². The van der Waals surface area contributed by atoms with E-state index in [1.807, 2.05) is 0 Å². The van der Waals surface area contributed by atoms with Crippen LogP contribution in [0.3, 0.4) is 0 Å². The van der Waals surface area contributed by atoms with Crippen LogP contribution in [0.1, 0.15) is 34.6 Å². The molecule has 0 bridgehead atoms. The number of halogens is 1. The SMILES string of the molecule is COc1ccc(C(=O)N(CC(C)C)CC2CN(C(=O)c3ccccc3Cl)CCO2)cc1. The van der Waals surface area contributed by atoms with E-state index in [1.165, 1.54) is 0 Å². The average molecular weight is 445 g/mol. The smallest absolute Gasteiger partial charge is 0.255 e. The van der Waals surface area contributed by atoms with Crippen molar-refractivity contribution in [3.63, 3.8) is 0 Å². The molecule has 2 aromatic carbocycles. The molecule has 1 fully saturated rings. The number of morpholine rings is 1. The minimum Gasteiger partial charge on any atom is -0.497 e. The lowest BCUT2D eigenvalue weighted by Crippen LogP contribution is -2.51. The van der Waals surface area contributed by atoms with Gasteiger partial charge < -0.3 is 19.3 Å². The molecule has 1 aliphatic heterocycles. The molecule has 2 amide bonds. The molecule has 2 aromatic rings. The Balaban J connectivity index is 1.71. The van der Waals surface area contributed by atoms with Crippen LogP contribution in [0, 0.1) is 5.92 Å². The van der Waals surface area contributed by atoms with E-state index in [0.29, 0.717) is 60.6 Å². The summed E-state index contributed by atoms with van der Waals surface area (Å²) in [7, 11) is 1.60. The second kappa shape index (κ2) is 10.6. The second-order valence-corrected chi connectivity index (χ2v) is 8.46. The number of methoxy groups -OCH3 is 1. The van der Waals surface area contributed by atoms with E-state index in [2.05, 4.69) is 13.8 Å². The van der Waals surface area contributed by atoms with E-state index in [9.17, 15) is 9.59 Å². The number of hydrogen-bond acceptors (Lipinski definition) is 4. The molecule has 0 N–H and O–H groups in total. The molecule has 1 heterocycles. The summed E-state index contributed by atoms with van der Waals surface area (Å²) in [4.78, 5) is 29.7. The zero-order valence-electron chi connectivity index (χ0n) is 18.2. The maximum absolute atomic E-state index is 13.2. The van der Waals surface area contributed by atoms with Crippen LogP contribution in [-0.4, -0.2) is 67.6 Å². The van der Waals surface area contributed by atoms with Gasteiger partial charge in [0.05, 0.1) is 30.4 Å². The summed E-state index contributed by atoms with van der Waals surface area (Å²) in [5, 5.41) is 0.437. The second-order valence-electron chi connectivity index (χ2n) is 8.06. The van der Waals surface area contributed by atoms with Gasteiger partial charge in [0.2, 0.25) is 0 Å². The summed E-state index contributed by atoms with van der Waals surface area (Å²) in [6, 6.07) is 14.1. The Hall–Kier alpha value is -2.57. The minimum absolute atomic E-state index is 0.0606. The Labute approximate surface area is 188 Å². The van der Waals surface area contributed by atoms with Gasteiger partial charge in [-0.15, -0.1) is 0 Å². The number of benzene rings is 2. The van der Waals surface area contributed by atoms with Crippen LogP contribution in [0.4, 0.5) is 0 Å². The number of carbonyl (C=O) groups is 2. The average Bonchev–Trinajstić information content (AvgIpc) is 2.78. The predicted octanol–water partition coefficient (Wildman–Crippen LogP) is 3.99. The first-order valence-electron chi connectivity index (χ1n) is 10.5. The van der Waals surface area contributed by atoms with Crippen LogP contribution in [0.25, 0.3) is 0 Å². The van der Waals surface area contributed by atoms with Gasteiger partial charge in [-0.1, -0.05) is 37.6 Å². The molecule has 7 heteroatoms. The Bertz CT molecular complexity index is 901. The lowest BCUT2D eigenvalue weighted by atomic mass is 10.1.